The standard InChI is InChI=1S/C21H23O4/c1-22-16-9-10-18-14(11-16)7-5-6-8-17(18)15-12-19(23-2)21(25-4)20(13-15)24-3/h8-10,12-13H,5-7H2,1-4H3. The summed E-state index contributed by atoms with van der Waals surface area (Å²) in [6, 6.07) is 11.4. The van der Waals surface area contributed by atoms with Gasteiger partial charge in [-0.05, 0) is 59.7 Å². The Bertz CT molecular complexity index is 767. The van der Waals surface area contributed by atoms with Gasteiger partial charge in [0.05, 0.1) is 28.4 Å². The summed E-state index contributed by atoms with van der Waals surface area (Å²) in [5, 5.41) is 0. The van der Waals surface area contributed by atoms with Gasteiger partial charge in [-0.15, -0.1) is 0 Å². The zero-order valence-electron chi connectivity index (χ0n) is 15.1. The van der Waals surface area contributed by atoms with E-state index in [2.05, 4.69) is 18.2 Å². The number of rotatable bonds is 5. The third kappa shape index (κ3) is 3.29. The molecule has 0 atom stereocenters. The monoisotopic (exact) mass is 339 g/mol. The van der Waals surface area contributed by atoms with Crippen LogP contribution in [0.3, 0.4) is 0 Å². The Morgan fingerprint density at radius 3 is 2.20 bits per heavy atom. The number of hydrogen-bond acceptors (Lipinski definition) is 4. The van der Waals surface area contributed by atoms with Gasteiger partial charge in [0, 0.05) is 6.07 Å². The van der Waals surface area contributed by atoms with Crippen LogP contribution in [-0.2, 0) is 6.42 Å². The summed E-state index contributed by atoms with van der Waals surface area (Å²) in [7, 11) is 6.55. The first-order valence-electron chi connectivity index (χ1n) is 8.32. The molecule has 0 amide bonds. The molecule has 2 aromatic rings. The van der Waals surface area contributed by atoms with E-state index in [1.54, 1.807) is 28.4 Å². The van der Waals surface area contributed by atoms with Gasteiger partial charge < -0.3 is 18.9 Å². The Labute approximate surface area is 149 Å². The molecule has 131 valence electrons. The van der Waals surface area contributed by atoms with Crippen molar-refractivity contribution in [1.29, 1.82) is 0 Å². The first-order chi connectivity index (χ1) is 12.2. The van der Waals surface area contributed by atoms with Crippen molar-refractivity contribution < 1.29 is 18.9 Å². The van der Waals surface area contributed by atoms with E-state index in [1.165, 1.54) is 11.1 Å². The molecule has 0 fully saturated rings. The summed E-state index contributed by atoms with van der Waals surface area (Å²) in [5.41, 5.74) is 4.55. The fourth-order valence-electron chi connectivity index (χ4n) is 3.23. The summed E-state index contributed by atoms with van der Waals surface area (Å²) in [6.07, 6.45) is 5.35. The van der Waals surface area contributed by atoms with Crippen LogP contribution < -0.4 is 18.9 Å². The quantitative estimate of drug-likeness (QED) is 0.814. The highest BCUT2D eigenvalue weighted by Gasteiger charge is 2.19. The van der Waals surface area contributed by atoms with E-state index in [4.69, 9.17) is 18.9 Å². The van der Waals surface area contributed by atoms with E-state index in [0.717, 1.165) is 36.1 Å². The van der Waals surface area contributed by atoms with Crippen LogP contribution in [0.4, 0.5) is 0 Å². The van der Waals surface area contributed by atoms with E-state index < -0.39 is 0 Å². The lowest BCUT2D eigenvalue weighted by Crippen LogP contribution is -1.99. The molecule has 0 unspecified atom stereocenters. The van der Waals surface area contributed by atoms with Gasteiger partial charge >= 0.3 is 0 Å². The average molecular weight is 339 g/mol. The summed E-state index contributed by atoms with van der Waals surface area (Å²) in [6.45, 7) is 0. The fraction of sp³-hybridized carbons (Fsp3) is 0.333. The fourth-order valence-corrected chi connectivity index (χ4v) is 3.23. The molecule has 0 aromatic heterocycles. The topological polar surface area (TPSA) is 36.9 Å². The van der Waals surface area contributed by atoms with Gasteiger partial charge in [-0.1, -0.05) is 12.1 Å². The van der Waals surface area contributed by atoms with Crippen LogP contribution in [0.25, 0.3) is 5.57 Å². The summed E-state index contributed by atoms with van der Waals surface area (Å²) in [4.78, 5) is 0. The highest BCUT2D eigenvalue weighted by molar-refractivity contribution is 5.84. The van der Waals surface area contributed by atoms with Crippen LogP contribution in [0, 0.1) is 6.07 Å². The average Bonchev–Trinajstić information content (AvgIpc) is 2.88. The smallest absolute Gasteiger partial charge is 0.203 e. The molecule has 0 spiro atoms. The Hall–Kier alpha value is -2.62. The zero-order chi connectivity index (χ0) is 17.8. The number of aryl methyl sites for hydroxylation is 1. The maximum Gasteiger partial charge on any atom is 0.203 e. The first-order valence-corrected chi connectivity index (χ1v) is 8.32. The van der Waals surface area contributed by atoms with Crippen molar-refractivity contribution >= 4 is 5.57 Å². The molecule has 2 aromatic carbocycles. The SMILES string of the molecule is COc1[c]c2c(cc1)C(c1cc(OC)c(OC)c(OC)c1)=CCCC2. The number of benzene rings is 2. The molecule has 0 aliphatic heterocycles. The lowest BCUT2D eigenvalue weighted by Gasteiger charge is -2.17. The Morgan fingerprint density at radius 1 is 0.880 bits per heavy atom. The lowest BCUT2D eigenvalue weighted by atomic mass is 9.93. The first kappa shape index (κ1) is 17.2. The molecular formula is C21H23O4. The largest absolute Gasteiger partial charge is 0.496 e. The maximum atomic E-state index is 5.51. The molecule has 4 heteroatoms. The molecule has 0 saturated heterocycles. The number of methoxy groups -OCH3 is 4. The highest BCUT2D eigenvalue weighted by Crippen LogP contribution is 2.42. The van der Waals surface area contributed by atoms with Crippen LogP contribution in [0.5, 0.6) is 23.0 Å². The van der Waals surface area contributed by atoms with Gasteiger partial charge in [0.25, 0.3) is 0 Å². The lowest BCUT2D eigenvalue weighted by molar-refractivity contribution is 0.324. The molecule has 3 rings (SSSR count). The van der Waals surface area contributed by atoms with Gasteiger partial charge in [-0.3, -0.25) is 0 Å². The van der Waals surface area contributed by atoms with Crippen molar-refractivity contribution in [1.82, 2.24) is 0 Å². The maximum absolute atomic E-state index is 5.51. The van der Waals surface area contributed by atoms with E-state index in [1.807, 2.05) is 18.2 Å². The van der Waals surface area contributed by atoms with Gasteiger partial charge in [-0.25, -0.2) is 0 Å². The number of fused-ring (bicyclic) bond motifs is 1. The molecule has 1 aliphatic carbocycles. The molecule has 0 bridgehead atoms. The van der Waals surface area contributed by atoms with Crippen molar-refractivity contribution in [2.75, 3.05) is 28.4 Å². The van der Waals surface area contributed by atoms with Crippen LogP contribution in [-0.4, -0.2) is 28.4 Å². The number of ether oxygens (including phenoxy) is 4. The van der Waals surface area contributed by atoms with Crippen molar-refractivity contribution in [2.24, 2.45) is 0 Å². The molecule has 4 nitrogen and oxygen atoms in total. The summed E-state index contributed by atoms with van der Waals surface area (Å²) >= 11 is 0. The third-order valence-corrected chi connectivity index (χ3v) is 4.47. The predicted octanol–water partition coefficient (Wildman–Crippen LogP) is 4.29. The van der Waals surface area contributed by atoms with Crippen molar-refractivity contribution in [2.45, 2.75) is 19.3 Å². The second-order valence-electron chi connectivity index (χ2n) is 5.84. The molecule has 0 N–H and O–H groups in total. The molecule has 25 heavy (non-hydrogen) atoms. The normalized spacial score (nSPS) is 13.4. The van der Waals surface area contributed by atoms with Crippen molar-refractivity contribution in [3.63, 3.8) is 0 Å². The second kappa shape index (κ2) is 7.51. The van der Waals surface area contributed by atoms with E-state index in [-0.39, 0.29) is 0 Å². The molecule has 0 heterocycles. The van der Waals surface area contributed by atoms with Gasteiger partial charge in [-0.2, -0.15) is 0 Å². The Kier molecular flexibility index (Phi) is 5.17. The Morgan fingerprint density at radius 2 is 1.60 bits per heavy atom. The van der Waals surface area contributed by atoms with Crippen LogP contribution in [0.2, 0.25) is 0 Å². The van der Waals surface area contributed by atoms with E-state index in [0.29, 0.717) is 17.2 Å². The zero-order valence-corrected chi connectivity index (χ0v) is 15.1. The minimum Gasteiger partial charge on any atom is -0.496 e. The van der Waals surface area contributed by atoms with Crippen LogP contribution in [0.15, 0.2) is 30.3 Å². The second-order valence-corrected chi connectivity index (χ2v) is 5.84. The number of hydrogen-bond donors (Lipinski definition) is 0. The van der Waals surface area contributed by atoms with Crippen molar-refractivity contribution in [3.05, 3.63) is 53.1 Å². The predicted molar refractivity (Wildman–Crippen MR) is 97.9 cm³/mol. The van der Waals surface area contributed by atoms with Crippen LogP contribution >= 0.6 is 0 Å². The minimum atomic E-state index is 0.601. The van der Waals surface area contributed by atoms with Gasteiger partial charge in [0.15, 0.2) is 11.5 Å². The third-order valence-electron chi connectivity index (χ3n) is 4.47. The summed E-state index contributed by atoms with van der Waals surface area (Å²) in [5.74, 6) is 2.68. The number of allylic oxidation sites excluding steroid dienone is 1. The van der Waals surface area contributed by atoms with Gasteiger partial charge in [0.2, 0.25) is 5.75 Å². The molecule has 1 aliphatic rings. The highest BCUT2D eigenvalue weighted by atomic mass is 16.5. The van der Waals surface area contributed by atoms with Crippen LogP contribution in [0.1, 0.15) is 29.5 Å². The Balaban J connectivity index is 2.15. The molecular weight excluding hydrogens is 316 g/mol. The molecule has 0 saturated carbocycles. The molecule has 1 radical (unpaired) electrons. The van der Waals surface area contributed by atoms with E-state index >= 15 is 0 Å². The van der Waals surface area contributed by atoms with Crippen molar-refractivity contribution in [3.8, 4) is 23.0 Å². The van der Waals surface area contributed by atoms with E-state index in [9.17, 15) is 0 Å². The minimum absolute atomic E-state index is 0.601. The summed E-state index contributed by atoms with van der Waals surface area (Å²) < 4.78 is 21.8. The van der Waals surface area contributed by atoms with Gasteiger partial charge in [0.1, 0.15) is 5.75 Å².